The molecule has 0 atom stereocenters. The molecule has 0 radical (unpaired) electrons. The molecule has 5 heteroatoms. The first-order valence-corrected chi connectivity index (χ1v) is 5.94. The van der Waals surface area contributed by atoms with E-state index < -0.39 is 4.92 Å². The minimum absolute atomic E-state index is 0.0471. The molecule has 0 saturated carbocycles. The van der Waals surface area contributed by atoms with E-state index in [9.17, 15) is 14.9 Å². The highest BCUT2D eigenvalue weighted by atomic mass is 16.6. The van der Waals surface area contributed by atoms with Crippen LogP contribution in [0.2, 0.25) is 0 Å². The standard InChI is InChI=1S/C14H16NO4/c1-4-13(10(2)16)11(3)19-9-12-7-5-6-8-14(12)15(17)18/h5-7H,4,9H2,1-3H3/q+1/b13-11+. The van der Waals surface area contributed by atoms with Gasteiger partial charge in [-0.1, -0.05) is 6.92 Å². The minimum Gasteiger partial charge on any atom is -0.479 e. The lowest BCUT2D eigenvalue weighted by atomic mass is 10.1. The van der Waals surface area contributed by atoms with E-state index in [4.69, 9.17) is 4.74 Å². The Morgan fingerprint density at radius 1 is 1.47 bits per heavy atom. The molecular formula is C14H16NO4+. The van der Waals surface area contributed by atoms with Crippen LogP contribution < -0.4 is 0 Å². The summed E-state index contributed by atoms with van der Waals surface area (Å²) in [5, 5.41) is 10.8. The molecule has 0 N–H and O–H groups in total. The summed E-state index contributed by atoms with van der Waals surface area (Å²) in [6.07, 6.45) is 7.90. The van der Waals surface area contributed by atoms with Crippen LogP contribution in [0.3, 0.4) is 0 Å². The molecule has 0 spiro atoms. The Morgan fingerprint density at radius 3 is 2.68 bits per heavy atom. The molecule has 1 aliphatic carbocycles. The van der Waals surface area contributed by atoms with Crippen molar-refractivity contribution in [2.24, 2.45) is 0 Å². The topological polar surface area (TPSA) is 69.4 Å². The highest BCUT2D eigenvalue weighted by Gasteiger charge is 2.28. The van der Waals surface area contributed by atoms with E-state index in [1.807, 2.05) is 6.92 Å². The number of hydrogen-bond donors (Lipinski definition) is 0. The second kappa shape index (κ2) is 6.61. The average Bonchev–Trinajstić information content (AvgIpc) is 2.37. The van der Waals surface area contributed by atoms with E-state index in [2.05, 4.69) is 6.08 Å². The van der Waals surface area contributed by atoms with Crippen LogP contribution in [0, 0.1) is 16.2 Å². The predicted molar refractivity (Wildman–Crippen MR) is 70.6 cm³/mol. The third-order valence-electron chi connectivity index (χ3n) is 2.75. The average molecular weight is 262 g/mol. The molecule has 0 amide bonds. The van der Waals surface area contributed by atoms with E-state index >= 15 is 0 Å². The zero-order chi connectivity index (χ0) is 14.4. The van der Waals surface area contributed by atoms with Gasteiger partial charge in [-0.05, 0) is 20.3 Å². The van der Waals surface area contributed by atoms with Gasteiger partial charge >= 0.3 is 5.70 Å². The van der Waals surface area contributed by atoms with Gasteiger partial charge in [-0.25, -0.2) is 0 Å². The number of carbonyl (C=O) groups excluding carboxylic acids is 1. The Bertz CT molecular complexity index is 510. The molecule has 5 nitrogen and oxygen atoms in total. The van der Waals surface area contributed by atoms with Crippen LogP contribution in [0.1, 0.15) is 27.2 Å². The second-order valence-electron chi connectivity index (χ2n) is 4.03. The molecule has 19 heavy (non-hydrogen) atoms. The molecule has 1 aliphatic rings. The normalized spacial score (nSPS) is 14.9. The molecule has 0 heterocycles. The lowest BCUT2D eigenvalue weighted by Crippen LogP contribution is -2.10. The smallest absolute Gasteiger partial charge is 0.434 e. The largest absolute Gasteiger partial charge is 0.479 e. The first-order valence-electron chi connectivity index (χ1n) is 5.94. The van der Waals surface area contributed by atoms with Gasteiger partial charge in [-0.3, -0.25) is 14.9 Å². The van der Waals surface area contributed by atoms with Gasteiger partial charge in [-0.2, -0.15) is 0 Å². The van der Waals surface area contributed by atoms with Crippen molar-refractivity contribution < 1.29 is 14.5 Å². The van der Waals surface area contributed by atoms with Gasteiger partial charge in [0.2, 0.25) is 0 Å². The Balaban J connectivity index is 2.80. The van der Waals surface area contributed by atoms with Crippen molar-refractivity contribution in [1.82, 2.24) is 0 Å². The number of hydrogen-bond acceptors (Lipinski definition) is 4. The highest BCUT2D eigenvalue weighted by Crippen LogP contribution is 2.18. The fourth-order valence-corrected chi connectivity index (χ4v) is 1.77. The van der Waals surface area contributed by atoms with Crippen LogP contribution in [0.4, 0.5) is 0 Å². The molecule has 0 bridgehead atoms. The highest BCUT2D eigenvalue weighted by molar-refractivity contribution is 5.93. The van der Waals surface area contributed by atoms with Crippen LogP contribution in [-0.2, 0) is 9.53 Å². The molecule has 0 aliphatic heterocycles. The van der Waals surface area contributed by atoms with Crippen molar-refractivity contribution in [3.8, 4) is 0 Å². The van der Waals surface area contributed by atoms with E-state index in [1.165, 1.54) is 13.0 Å². The number of nitro groups is 1. The van der Waals surface area contributed by atoms with Crippen LogP contribution in [0.15, 0.2) is 40.8 Å². The van der Waals surface area contributed by atoms with Gasteiger partial charge in [-0.15, -0.1) is 0 Å². The van der Waals surface area contributed by atoms with Crippen molar-refractivity contribution in [1.29, 1.82) is 0 Å². The molecule has 0 unspecified atom stereocenters. The Labute approximate surface area is 112 Å². The number of allylic oxidation sites excluding steroid dienone is 6. The molecule has 0 fully saturated rings. The molecule has 0 saturated heterocycles. The van der Waals surface area contributed by atoms with Crippen molar-refractivity contribution in [2.45, 2.75) is 27.2 Å². The quantitative estimate of drug-likeness (QED) is 0.242. The maximum atomic E-state index is 11.4. The zero-order valence-electron chi connectivity index (χ0n) is 11.2. The Morgan fingerprint density at radius 2 is 2.16 bits per heavy atom. The Hall–Kier alpha value is -2.26. The van der Waals surface area contributed by atoms with Crippen LogP contribution in [-0.4, -0.2) is 17.3 Å². The fourth-order valence-electron chi connectivity index (χ4n) is 1.77. The van der Waals surface area contributed by atoms with Crippen LogP contribution in [0.5, 0.6) is 0 Å². The van der Waals surface area contributed by atoms with Crippen molar-refractivity contribution >= 4 is 5.78 Å². The summed E-state index contributed by atoms with van der Waals surface area (Å²) in [7, 11) is 0. The third-order valence-corrected chi connectivity index (χ3v) is 2.75. The summed E-state index contributed by atoms with van der Waals surface area (Å²) < 4.78 is 5.47. The molecule has 0 aromatic heterocycles. The summed E-state index contributed by atoms with van der Waals surface area (Å²) in [6.45, 7) is 5.09. The lowest BCUT2D eigenvalue weighted by Gasteiger charge is -2.09. The Kier molecular flexibility index (Phi) is 5.15. The summed E-state index contributed by atoms with van der Waals surface area (Å²) in [5.41, 5.74) is 0.935. The van der Waals surface area contributed by atoms with E-state index in [1.54, 1.807) is 19.1 Å². The van der Waals surface area contributed by atoms with Gasteiger partial charge in [0, 0.05) is 11.6 Å². The fraction of sp³-hybridized carbons (Fsp3) is 0.357. The zero-order valence-corrected chi connectivity index (χ0v) is 11.2. The first kappa shape index (κ1) is 14.8. The third kappa shape index (κ3) is 3.86. The summed E-state index contributed by atoms with van der Waals surface area (Å²) in [6, 6.07) is 0. The molecule has 100 valence electrons. The summed E-state index contributed by atoms with van der Waals surface area (Å²) >= 11 is 0. The maximum absolute atomic E-state index is 11.4. The van der Waals surface area contributed by atoms with E-state index in [0.29, 0.717) is 23.3 Å². The number of ketones is 1. The number of nitrogens with zero attached hydrogens (tertiary/aromatic N) is 1. The molecule has 1 rings (SSSR count). The number of carbonyl (C=O) groups is 1. The van der Waals surface area contributed by atoms with Gasteiger partial charge < -0.3 is 4.74 Å². The predicted octanol–water partition coefficient (Wildman–Crippen LogP) is 2.74. The van der Waals surface area contributed by atoms with Gasteiger partial charge in [0.05, 0.1) is 6.08 Å². The van der Waals surface area contributed by atoms with Gasteiger partial charge in [0.1, 0.15) is 22.8 Å². The van der Waals surface area contributed by atoms with Crippen molar-refractivity contribution in [2.75, 3.05) is 6.61 Å². The van der Waals surface area contributed by atoms with E-state index in [0.717, 1.165) is 0 Å². The van der Waals surface area contributed by atoms with Crippen molar-refractivity contribution in [3.63, 3.8) is 0 Å². The van der Waals surface area contributed by atoms with Gasteiger partial charge in [0.25, 0.3) is 0 Å². The maximum Gasteiger partial charge on any atom is 0.434 e. The lowest BCUT2D eigenvalue weighted by molar-refractivity contribution is -0.422. The molecular weight excluding hydrogens is 246 g/mol. The monoisotopic (exact) mass is 262 g/mol. The van der Waals surface area contributed by atoms with Crippen LogP contribution in [0.25, 0.3) is 0 Å². The minimum atomic E-state index is -0.497. The molecule has 0 aromatic rings. The number of ether oxygens (including phenoxy) is 1. The number of Topliss-reactive ketones (excluding diaryl/α,β-unsaturated/α-hetero) is 1. The van der Waals surface area contributed by atoms with E-state index in [-0.39, 0.29) is 18.1 Å². The summed E-state index contributed by atoms with van der Waals surface area (Å²) in [4.78, 5) is 21.7. The SMILES string of the molecule is CC/C(C(C)=O)=C(/C)OCC1=CC=C[C+]=C1[N+](=O)[O-]. The van der Waals surface area contributed by atoms with Gasteiger partial charge in [0.15, 0.2) is 18.0 Å². The summed E-state index contributed by atoms with van der Waals surface area (Å²) in [5.74, 6) is 0.460. The van der Waals surface area contributed by atoms with Crippen molar-refractivity contribution in [3.05, 3.63) is 57.0 Å². The van der Waals surface area contributed by atoms with Crippen LogP contribution >= 0.6 is 0 Å². The second-order valence-corrected chi connectivity index (χ2v) is 4.03. The first-order chi connectivity index (χ1) is 8.97. The number of rotatable bonds is 6. The molecule has 0 aromatic carbocycles.